The molecule has 0 aliphatic carbocycles. The Morgan fingerprint density at radius 2 is 1.83 bits per heavy atom. The minimum absolute atomic E-state index is 0.0815. The molecular weight excluding hydrogens is 382 g/mol. The molecule has 7 heteroatoms. The molecule has 2 aromatic carbocycles. The first-order chi connectivity index (χ1) is 14.4. The molecule has 7 nitrogen and oxygen atoms in total. The molecule has 1 aliphatic heterocycles. The maximum Gasteiger partial charge on any atom is 0.231 e. The lowest BCUT2D eigenvalue weighted by Gasteiger charge is -2.18. The van der Waals surface area contributed by atoms with E-state index in [-0.39, 0.29) is 24.5 Å². The zero-order valence-corrected chi connectivity index (χ0v) is 17.4. The van der Waals surface area contributed by atoms with Gasteiger partial charge < -0.3 is 19.3 Å². The number of rotatable bonds is 6. The van der Waals surface area contributed by atoms with Gasteiger partial charge in [-0.3, -0.25) is 4.79 Å². The summed E-state index contributed by atoms with van der Waals surface area (Å²) < 4.78 is 15.9. The Bertz CT molecular complexity index is 1040. The fourth-order valence-electron chi connectivity index (χ4n) is 3.15. The van der Waals surface area contributed by atoms with Crippen LogP contribution in [0.25, 0.3) is 11.4 Å². The standard InChI is InChI=1S/C23H25N3O4/c1-23(2,3)17-7-5-16(6-8-17)22-25-21(30-26-22)11-10-20(27)24-13-15-4-9-18-19(12-15)29-14-28-18/h4-9,12H,10-11,13-14H2,1-3H3,(H,24,27). The average molecular weight is 407 g/mol. The quantitative estimate of drug-likeness (QED) is 0.664. The SMILES string of the molecule is CC(C)(C)c1ccc(-c2noc(CCC(=O)NCc3ccc4c(c3)OCO4)n2)cc1. The second kappa shape index (κ2) is 8.18. The van der Waals surface area contributed by atoms with Gasteiger partial charge in [0.25, 0.3) is 0 Å². The molecule has 1 N–H and O–H groups in total. The van der Waals surface area contributed by atoms with Crippen molar-refractivity contribution in [3.63, 3.8) is 0 Å². The predicted molar refractivity (Wildman–Crippen MR) is 111 cm³/mol. The summed E-state index contributed by atoms with van der Waals surface area (Å²) in [6.45, 7) is 7.17. The van der Waals surface area contributed by atoms with Crippen LogP contribution in [0.5, 0.6) is 11.5 Å². The number of aromatic nitrogens is 2. The number of hydrogen-bond donors (Lipinski definition) is 1. The number of ether oxygens (including phenoxy) is 2. The van der Waals surface area contributed by atoms with Gasteiger partial charge in [0.1, 0.15) is 0 Å². The smallest absolute Gasteiger partial charge is 0.231 e. The van der Waals surface area contributed by atoms with Gasteiger partial charge in [0, 0.05) is 24.9 Å². The van der Waals surface area contributed by atoms with Crippen molar-refractivity contribution in [1.29, 1.82) is 0 Å². The number of carbonyl (C=O) groups excluding carboxylic acids is 1. The van der Waals surface area contributed by atoms with Crippen LogP contribution in [0.4, 0.5) is 0 Å². The van der Waals surface area contributed by atoms with E-state index < -0.39 is 0 Å². The summed E-state index contributed by atoms with van der Waals surface area (Å²) in [5, 5.41) is 6.93. The highest BCUT2D eigenvalue weighted by Gasteiger charge is 2.16. The minimum atomic E-state index is -0.0815. The molecule has 0 saturated heterocycles. The molecule has 4 rings (SSSR count). The second-order valence-corrected chi connectivity index (χ2v) is 8.30. The Kier molecular flexibility index (Phi) is 5.44. The molecule has 30 heavy (non-hydrogen) atoms. The Morgan fingerprint density at radius 3 is 2.60 bits per heavy atom. The normalized spacial score (nSPS) is 12.8. The molecular formula is C23H25N3O4. The summed E-state index contributed by atoms with van der Waals surface area (Å²) in [4.78, 5) is 16.6. The molecule has 0 unspecified atom stereocenters. The van der Waals surface area contributed by atoms with E-state index in [0.717, 1.165) is 16.9 Å². The van der Waals surface area contributed by atoms with E-state index in [1.807, 2.05) is 30.3 Å². The lowest BCUT2D eigenvalue weighted by atomic mass is 9.87. The number of hydrogen-bond acceptors (Lipinski definition) is 6. The number of carbonyl (C=O) groups is 1. The van der Waals surface area contributed by atoms with Crippen LogP contribution in [0.2, 0.25) is 0 Å². The Labute approximate surface area is 175 Å². The number of aryl methyl sites for hydroxylation is 1. The van der Waals surface area contributed by atoms with Gasteiger partial charge in [0.15, 0.2) is 11.5 Å². The van der Waals surface area contributed by atoms with Gasteiger partial charge in [0.2, 0.25) is 24.4 Å². The molecule has 156 valence electrons. The Morgan fingerprint density at radius 1 is 1.07 bits per heavy atom. The first-order valence-corrected chi connectivity index (χ1v) is 9.97. The van der Waals surface area contributed by atoms with Gasteiger partial charge >= 0.3 is 0 Å². The number of fused-ring (bicyclic) bond motifs is 1. The van der Waals surface area contributed by atoms with E-state index in [9.17, 15) is 4.79 Å². The monoisotopic (exact) mass is 407 g/mol. The van der Waals surface area contributed by atoms with Crippen LogP contribution in [-0.4, -0.2) is 22.8 Å². The van der Waals surface area contributed by atoms with E-state index >= 15 is 0 Å². The van der Waals surface area contributed by atoms with E-state index in [4.69, 9.17) is 14.0 Å². The summed E-state index contributed by atoms with van der Waals surface area (Å²) in [6, 6.07) is 13.8. The summed E-state index contributed by atoms with van der Waals surface area (Å²) in [5.74, 6) is 2.33. The van der Waals surface area contributed by atoms with Crippen LogP contribution >= 0.6 is 0 Å². The van der Waals surface area contributed by atoms with Gasteiger partial charge in [-0.1, -0.05) is 56.3 Å². The maximum atomic E-state index is 12.2. The third-order valence-corrected chi connectivity index (χ3v) is 4.97. The zero-order chi connectivity index (χ0) is 21.1. The van der Waals surface area contributed by atoms with Crippen molar-refractivity contribution in [3.8, 4) is 22.9 Å². The summed E-state index contributed by atoms with van der Waals surface area (Å²) in [6.07, 6.45) is 0.662. The summed E-state index contributed by atoms with van der Waals surface area (Å²) in [7, 11) is 0. The van der Waals surface area contributed by atoms with Gasteiger partial charge in [-0.05, 0) is 28.7 Å². The van der Waals surface area contributed by atoms with Crippen molar-refractivity contribution in [2.45, 2.75) is 45.6 Å². The highest BCUT2D eigenvalue weighted by atomic mass is 16.7. The van der Waals surface area contributed by atoms with E-state index in [2.05, 4.69) is 48.4 Å². The maximum absolute atomic E-state index is 12.2. The van der Waals surface area contributed by atoms with Crippen molar-refractivity contribution >= 4 is 5.91 Å². The van der Waals surface area contributed by atoms with E-state index in [1.54, 1.807) is 0 Å². The Hall–Kier alpha value is -3.35. The highest BCUT2D eigenvalue weighted by Crippen LogP contribution is 2.32. The van der Waals surface area contributed by atoms with Crippen LogP contribution in [0.15, 0.2) is 47.0 Å². The van der Waals surface area contributed by atoms with Crippen LogP contribution in [-0.2, 0) is 23.2 Å². The number of benzene rings is 2. The molecule has 1 amide bonds. The van der Waals surface area contributed by atoms with Crippen molar-refractivity contribution in [1.82, 2.24) is 15.5 Å². The predicted octanol–water partition coefficient (Wildman–Crippen LogP) is 4.01. The lowest BCUT2D eigenvalue weighted by Crippen LogP contribution is -2.23. The molecule has 3 aromatic rings. The number of nitrogens with one attached hydrogen (secondary N) is 1. The molecule has 0 atom stereocenters. The second-order valence-electron chi connectivity index (χ2n) is 8.30. The first-order valence-electron chi connectivity index (χ1n) is 9.97. The van der Waals surface area contributed by atoms with Crippen molar-refractivity contribution in [2.75, 3.05) is 6.79 Å². The molecule has 2 heterocycles. The first kappa shape index (κ1) is 19.9. The van der Waals surface area contributed by atoms with Gasteiger partial charge in [-0.15, -0.1) is 0 Å². The van der Waals surface area contributed by atoms with Crippen LogP contribution in [0.3, 0.4) is 0 Å². The average Bonchev–Trinajstić information content (AvgIpc) is 3.39. The van der Waals surface area contributed by atoms with E-state index in [0.29, 0.717) is 30.4 Å². The van der Waals surface area contributed by atoms with Crippen LogP contribution in [0, 0.1) is 0 Å². The van der Waals surface area contributed by atoms with Crippen molar-refractivity contribution in [3.05, 3.63) is 59.5 Å². The van der Waals surface area contributed by atoms with Crippen LogP contribution < -0.4 is 14.8 Å². The third kappa shape index (κ3) is 4.62. The number of nitrogens with zero attached hydrogens (tertiary/aromatic N) is 2. The van der Waals surface area contributed by atoms with Crippen molar-refractivity contribution in [2.24, 2.45) is 0 Å². The fourth-order valence-corrected chi connectivity index (χ4v) is 3.15. The Balaban J connectivity index is 1.28. The minimum Gasteiger partial charge on any atom is -0.454 e. The molecule has 0 spiro atoms. The van der Waals surface area contributed by atoms with Crippen LogP contribution in [0.1, 0.15) is 44.2 Å². The fraction of sp³-hybridized carbons (Fsp3) is 0.348. The molecule has 1 aromatic heterocycles. The summed E-state index contributed by atoms with van der Waals surface area (Å²) >= 11 is 0. The largest absolute Gasteiger partial charge is 0.454 e. The topological polar surface area (TPSA) is 86.5 Å². The number of amides is 1. The molecule has 0 saturated carbocycles. The highest BCUT2D eigenvalue weighted by molar-refractivity contribution is 5.76. The van der Waals surface area contributed by atoms with Gasteiger partial charge in [-0.2, -0.15) is 4.98 Å². The van der Waals surface area contributed by atoms with Crippen molar-refractivity contribution < 1.29 is 18.8 Å². The molecule has 0 fully saturated rings. The van der Waals surface area contributed by atoms with E-state index in [1.165, 1.54) is 5.56 Å². The van der Waals surface area contributed by atoms with Gasteiger partial charge in [-0.25, -0.2) is 0 Å². The third-order valence-electron chi connectivity index (χ3n) is 4.97. The molecule has 0 radical (unpaired) electrons. The molecule has 0 bridgehead atoms. The molecule has 1 aliphatic rings. The zero-order valence-electron chi connectivity index (χ0n) is 17.4. The summed E-state index contributed by atoms with van der Waals surface area (Å²) in [5.41, 5.74) is 3.18. The van der Waals surface area contributed by atoms with Gasteiger partial charge in [0.05, 0.1) is 0 Å². The lowest BCUT2D eigenvalue weighted by molar-refractivity contribution is -0.121.